The van der Waals surface area contributed by atoms with Crippen LogP contribution in [0.1, 0.15) is 36.0 Å². The summed E-state index contributed by atoms with van der Waals surface area (Å²) in [4.78, 5) is 0. The lowest BCUT2D eigenvalue weighted by molar-refractivity contribution is 0.740. The monoisotopic (exact) mass is 271 g/mol. The Balaban J connectivity index is 2.23. The SMILES string of the molecule is CCc1ccc2c(c1)C(CCN)c1cccc(Cl)c1-2. The van der Waals surface area contributed by atoms with Crippen LogP contribution in [0.4, 0.5) is 0 Å². The average molecular weight is 272 g/mol. The van der Waals surface area contributed by atoms with Gasteiger partial charge < -0.3 is 5.73 Å². The van der Waals surface area contributed by atoms with E-state index in [-0.39, 0.29) is 0 Å². The van der Waals surface area contributed by atoms with Gasteiger partial charge in [0, 0.05) is 16.5 Å². The zero-order valence-corrected chi connectivity index (χ0v) is 11.9. The summed E-state index contributed by atoms with van der Waals surface area (Å²) < 4.78 is 0. The number of benzene rings is 2. The van der Waals surface area contributed by atoms with Gasteiger partial charge >= 0.3 is 0 Å². The van der Waals surface area contributed by atoms with Crippen molar-refractivity contribution in [2.75, 3.05) is 6.54 Å². The van der Waals surface area contributed by atoms with E-state index in [9.17, 15) is 0 Å². The van der Waals surface area contributed by atoms with Crippen molar-refractivity contribution in [3.8, 4) is 11.1 Å². The Morgan fingerprint density at radius 2 is 2.00 bits per heavy atom. The minimum absolute atomic E-state index is 0.403. The summed E-state index contributed by atoms with van der Waals surface area (Å²) in [6, 6.07) is 12.9. The fourth-order valence-corrected chi connectivity index (χ4v) is 3.39. The maximum absolute atomic E-state index is 6.41. The topological polar surface area (TPSA) is 26.0 Å². The highest BCUT2D eigenvalue weighted by molar-refractivity contribution is 6.33. The van der Waals surface area contributed by atoms with Crippen molar-refractivity contribution in [2.45, 2.75) is 25.7 Å². The molecule has 1 unspecified atom stereocenters. The number of fused-ring (bicyclic) bond motifs is 3. The number of aryl methyl sites for hydroxylation is 1. The summed E-state index contributed by atoms with van der Waals surface area (Å²) in [7, 11) is 0. The van der Waals surface area contributed by atoms with E-state index in [4.69, 9.17) is 17.3 Å². The predicted molar refractivity (Wildman–Crippen MR) is 81.8 cm³/mol. The first-order chi connectivity index (χ1) is 9.26. The van der Waals surface area contributed by atoms with Gasteiger partial charge in [0.15, 0.2) is 0 Å². The van der Waals surface area contributed by atoms with E-state index in [2.05, 4.69) is 31.2 Å². The van der Waals surface area contributed by atoms with Gasteiger partial charge in [0.05, 0.1) is 0 Å². The fourth-order valence-electron chi connectivity index (χ4n) is 3.11. The molecule has 1 aliphatic carbocycles. The minimum Gasteiger partial charge on any atom is -0.330 e. The lowest BCUT2D eigenvalue weighted by Gasteiger charge is -2.12. The molecular weight excluding hydrogens is 254 g/mol. The van der Waals surface area contributed by atoms with E-state index in [1.807, 2.05) is 12.1 Å². The second-order valence-corrected chi connectivity index (χ2v) is 5.52. The van der Waals surface area contributed by atoms with Crippen LogP contribution in [-0.2, 0) is 6.42 Å². The maximum atomic E-state index is 6.41. The third-order valence-corrected chi connectivity index (χ3v) is 4.36. The molecule has 2 N–H and O–H groups in total. The summed E-state index contributed by atoms with van der Waals surface area (Å²) in [6.07, 6.45) is 2.04. The fraction of sp³-hybridized carbons (Fsp3) is 0.294. The highest BCUT2D eigenvalue weighted by Gasteiger charge is 2.29. The van der Waals surface area contributed by atoms with E-state index >= 15 is 0 Å². The molecule has 98 valence electrons. The van der Waals surface area contributed by atoms with Crippen LogP contribution in [0, 0.1) is 0 Å². The van der Waals surface area contributed by atoms with E-state index in [1.54, 1.807) is 0 Å². The number of halogens is 1. The third-order valence-electron chi connectivity index (χ3n) is 4.05. The van der Waals surface area contributed by atoms with Crippen molar-refractivity contribution in [3.63, 3.8) is 0 Å². The van der Waals surface area contributed by atoms with Gasteiger partial charge in [0.1, 0.15) is 0 Å². The summed E-state index contributed by atoms with van der Waals surface area (Å²) in [6.45, 7) is 2.89. The Kier molecular flexibility index (Phi) is 3.34. The van der Waals surface area contributed by atoms with Gasteiger partial charge in [0.2, 0.25) is 0 Å². The van der Waals surface area contributed by atoms with Crippen LogP contribution in [-0.4, -0.2) is 6.54 Å². The molecule has 0 bridgehead atoms. The van der Waals surface area contributed by atoms with E-state index < -0.39 is 0 Å². The second-order valence-electron chi connectivity index (χ2n) is 5.11. The number of hydrogen-bond acceptors (Lipinski definition) is 1. The lowest BCUT2D eigenvalue weighted by atomic mass is 9.92. The molecule has 2 heteroatoms. The summed E-state index contributed by atoms with van der Waals surface area (Å²) in [5.74, 6) is 0.403. The maximum Gasteiger partial charge on any atom is 0.0487 e. The lowest BCUT2D eigenvalue weighted by Crippen LogP contribution is -2.06. The van der Waals surface area contributed by atoms with Gasteiger partial charge in [-0.05, 0) is 47.7 Å². The zero-order chi connectivity index (χ0) is 13.4. The van der Waals surface area contributed by atoms with Crippen LogP contribution in [0.15, 0.2) is 36.4 Å². The van der Waals surface area contributed by atoms with Crippen molar-refractivity contribution in [1.29, 1.82) is 0 Å². The van der Waals surface area contributed by atoms with Gasteiger partial charge in [-0.3, -0.25) is 0 Å². The Morgan fingerprint density at radius 1 is 1.16 bits per heavy atom. The molecule has 1 atom stereocenters. The van der Waals surface area contributed by atoms with Gasteiger partial charge in [-0.25, -0.2) is 0 Å². The Labute approximate surface area is 119 Å². The smallest absolute Gasteiger partial charge is 0.0487 e. The number of hydrogen-bond donors (Lipinski definition) is 1. The molecule has 19 heavy (non-hydrogen) atoms. The van der Waals surface area contributed by atoms with E-state index in [0.29, 0.717) is 12.5 Å². The Morgan fingerprint density at radius 3 is 2.74 bits per heavy atom. The van der Waals surface area contributed by atoms with Gasteiger partial charge in [-0.15, -0.1) is 0 Å². The first-order valence-corrected chi connectivity index (χ1v) is 7.25. The molecule has 1 aliphatic rings. The van der Waals surface area contributed by atoms with Crippen LogP contribution in [0.2, 0.25) is 5.02 Å². The number of nitrogens with two attached hydrogens (primary N) is 1. The molecule has 1 nitrogen and oxygen atoms in total. The second kappa shape index (κ2) is 4.99. The molecule has 0 heterocycles. The van der Waals surface area contributed by atoms with Gasteiger partial charge in [0.25, 0.3) is 0 Å². The van der Waals surface area contributed by atoms with Crippen LogP contribution in [0.5, 0.6) is 0 Å². The minimum atomic E-state index is 0.403. The third kappa shape index (κ3) is 1.98. The molecule has 0 amide bonds. The quantitative estimate of drug-likeness (QED) is 0.882. The molecule has 3 rings (SSSR count). The number of rotatable bonds is 3. The van der Waals surface area contributed by atoms with E-state index in [0.717, 1.165) is 17.9 Å². The predicted octanol–water partition coefficient (Wildman–Crippen LogP) is 4.36. The summed E-state index contributed by atoms with van der Waals surface area (Å²) in [5, 5.41) is 0.850. The standard InChI is InChI=1S/C17H18ClN/c1-2-11-6-7-14-15(10-11)12(8-9-19)13-4-3-5-16(18)17(13)14/h3-7,10,12H,2,8-9,19H2,1H3. The highest BCUT2D eigenvalue weighted by Crippen LogP contribution is 2.49. The molecule has 2 aromatic carbocycles. The molecule has 0 saturated heterocycles. The van der Waals surface area contributed by atoms with Gasteiger partial charge in [-0.2, -0.15) is 0 Å². The summed E-state index contributed by atoms with van der Waals surface area (Å²) >= 11 is 6.41. The molecule has 0 spiro atoms. The molecule has 0 radical (unpaired) electrons. The first kappa shape index (κ1) is 12.7. The van der Waals surface area contributed by atoms with Crippen molar-refractivity contribution in [1.82, 2.24) is 0 Å². The van der Waals surface area contributed by atoms with E-state index in [1.165, 1.54) is 27.8 Å². The summed E-state index contributed by atoms with van der Waals surface area (Å²) in [5.41, 5.74) is 12.4. The molecule has 0 aromatic heterocycles. The van der Waals surface area contributed by atoms with Crippen LogP contribution >= 0.6 is 11.6 Å². The largest absolute Gasteiger partial charge is 0.330 e. The van der Waals surface area contributed by atoms with Crippen molar-refractivity contribution >= 4 is 11.6 Å². The first-order valence-electron chi connectivity index (χ1n) is 6.88. The molecule has 0 aliphatic heterocycles. The Hall–Kier alpha value is -1.31. The normalized spacial score (nSPS) is 16.3. The van der Waals surface area contributed by atoms with Crippen LogP contribution < -0.4 is 5.73 Å². The Bertz CT molecular complexity index is 619. The van der Waals surface area contributed by atoms with Gasteiger partial charge in [-0.1, -0.05) is 48.9 Å². The highest BCUT2D eigenvalue weighted by atomic mass is 35.5. The molecule has 0 fully saturated rings. The van der Waals surface area contributed by atoms with Crippen LogP contribution in [0.25, 0.3) is 11.1 Å². The van der Waals surface area contributed by atoms with Crippen molar-refractivity contribution < 1.29 is 0 Å². The van der Waals surface area contributed by atoms with Crippen molar-refractivity contribution in [3.05, 3.63) is 58.1 Å². The molecule has 2 aromatic rings. The van der Waals surface area contributed by atoms with Crippen LogP contribution in [0.3, 0.4) is 0 Å². The zero-order valence-electron chi connectivity index (χ0n) is 11.1. The van der Waals surface area contributed by atoms with Crippen molar-refractivity contribution in [2.24, 2.45) is 5.73 Å². The average Bonchev–Trinajstić information content (AvgIpc) is 2.74. The molecular formula is C17H18ClN. The molecule has 0 saturated carbocycles.